The lowest BCUT2D eigenvalue weighted by Crippen LogP contribution is -2.43. The summed E-state index contributed by atoms with van der Waals surface area (Å²) in [6.07, 6.45) is 2.42. The third-order valence-electron chi connectivity index (χ3n) is 4.46. The van der Waals surface area contributed by atoms with Gasteiger partial charge in [-0.25, -0.2) is 0 Å². The van der Waals surface area contributed by atoms with Gasteiger partial charge in [0.05, 0.1) is 6.42 Å². The second-order valence-electron chi connectivity index (χ2n) is 11.1. The van der Waals surface area contributed by atoms with E-state index in [4.69, 9.17) is 9.47 Å². The monoisotopic (exact) mass is 450 g/mol. The van der Waals surface area contributed by atoms with Crippen molar-refractivity contribution in [3.63, 3.8) is 0 Å². The van der Waals surface area contributed by atoms with Crippen LogP contribution in [0.15, 0.2) is 18.5 Å². The van der Waals surface area contributed by atoms with Crippen LogP contribution in [0.3, 0.4) is 0 Å². The quantitative estimate of drug-likeness (QED) is 0.630. The molecule has 0 aliphatic heterocycles. The number of ether oxygens (including phenoxy) is 2. The van der Waals surface area contributed by atoms with Crippen LogP contribution in [0, 0.1) is 11.3 Å². The van der Waals surface area contributed by atoms with Crippen LogP contribution in [-0.4, -0.2) is 39.1 Å². The van der Waals surface area contributed by atoms with Crippen LogP contribution in [0.25, 0.3) is 0 Å². The van der Waals surface area contributed by atoms with Gasteiger partial charge < -0.3 is 19.9 Å². The Labute approximate surface area is 191 Å². The zero-order valence-corrected chi connectivity index (χ0v) is 21.0. The molecule has 1 aromatic heterocycles. The van der Waals surface area contributed by atoms with E-state index in [0.717, 1.165) is 0 Å². The van der Waals surface area contributed by atoms with Crippen LogP contribution in [-0.2, 0) is 29.5 Å². The highest BCUT2D eigenvalue weighted by Gasteiger charge is 2.45. The van der Waals surface area contributed by atoms with E-state index in [9.17, 15) is 19.5 Å². The molecule has 0 saturated carbocycles. The number of esters is 2. The maximum Gasteiger partial charge on any atom is 0.313 e. The maximum absolute atomic E-state index is 13.1. The number of aromatic nitrogens is 1. The molecule has 0 radical (unpaired) electrons. The normalized spacial score (nSPS) is 15.3. The Morgan fingerprint density at radius 3 is 1.97 bits per heavy atom. The minimum absolute atomic E-state index is 0.192. The number of nitrogens with zero attached hydrogens (tertiary/aromatic N) is 1. The Morgan fingerprint density at radius 1 is 0.969 bits per heavy atom. The molecule has 0 bridgehead atoms. The Morgan fingerprint density at radius 2 is 1.50 bits per heavy atom. The first-order chi connectivity index (χ1) is 14.2. The standard InChI is InChI=1S/C24H38N2O6/c1-21(2,3)20(29)26-17-11-12-25-14-16(17)24(10,30)15(19(28)32-23(7,8)9)13-18(27)31-22(4,5)6/h11-12,14-15,30H,13H2,1-10H3,(H,25,26,29). The summed E-state index contributed by atoms with van der Waals surface area (Å²) in [5.41, 5.74) is -3.69. The van der Waals surface area contributed by atoms with Gasteiger partial charge in [0, 0.05) is 29.1 Å². The Kier molecular flexibility index (Phi) is 8.24. The number of hydrogen-bond acceptors (Lipinski definition) is 7. The van der Waals surface area contributed by atoms with Crippen molar-refractivity contribution < 1.29 is 29.0 Å². The summed E-state index contributed by atoms with van der Waals surface area (Å²) in [6.45, 7) is 16.9. The summed E-state index contributed by atoms with van der Waals surface area (Å²) in [4.78, 5) is 42.3. The number of amides is 1. The second kappa shape index (κ2) is 9.57. The summed E-state index contributed by atoms with van der Waals surface area (Å²) < 4.78 is 10.9. The average molecular weight is 451 g/mol. The van der Waals surface area contributed by atoms with Gasteiger partial charge in [-0.2, -0.15) is 0 Å². The van der Waals surface area contributed by atoms with Crippen molar-refractivity contribution in [1.82, 2.24) is 4.98 Å². The first kappa shape index (κ1) is 27.6. The Bertz CT molecular complexity index is 841. The SMILES string of the molecule is CC(C)(C)OC(=O)CC(C(=O)OC(C)(C)C)C(C)(O)c1cnccc1NC(=O)C(C)(C)C. The highest BCUT2D eigenvalue weighted by Crippen LogP contribution is 2.38. The summed E-state index contributed by atoms with van der Waals surface area (Å²) in [7, 11) is 0. The van der Waals surface area contributed by atoms with Gasteiger partial charge in [-0.1, -0.05) is 20.8 Å². The fourth-order valence-electron chi connectivity index (χ4n) is 2.84. The maximum atomic E-state index is 13.1. The molecule has 1 rings (SSSR count). The van der Waals surface area contributed by atoms with E-state index in [1.807, 2.05) is 0 Å². The van der Waals surface area contributed by atoms with Gasteiger partial charge in [-0.3, -0.25) is 19.4 Å². The highest BCUT2D eigenvalue weighted by molar-refractivity contribution is 5.95. The number of aliphatic hydroxyl groups is 1. The molecule has 0 fully saturated rings. The van der Waals surface area contributed by atoms with Crippen LogP contribution in [0.2, 0.25) is 0 Å². The van der Waals surface area contributed by atoms with Crippen molar-refractivity contribution in [1.29, 1.82) is 0 Å². The third kappa shape index (κ3) is 8.22. The molecule has 0 aliphatic rings. The minimum atomic E-state index is -1.89. The fourth-order valence-corrected chi connectivity index (χ4v) is 2.84. The molecule has 2 unspecified atom stereocenters. The molecule has 1 amide bonds. The molecule has 0 spiro atoms. The highest BCUT2D eigenvalue weighted by atomic mass is 16.6. The number of carbonyl (C=O) groups excluding carboxylic acids is 3. The zero-order valence-electron chi connectivity index (χ0n) is 21.0. The molecule has 8 nitrogen and oxygen atoms in total. The van der Waals surface area contributed by atoms with E-state index in [0.29, 0.717) is 5.69 Å². The summed E-state index contributed by atoms with van der Waals surface area (Å²) in [6, 6.07) is 1.53. The molecule has 2 atom stereocenters. The topological polar surface area (TPSA) is 115 Å². The first-order valence-electron chi connectivity index (χ1n) is 10.7. The molecule has 1 heterocycles. The lowest BCUT2D eigenvalue weighted by Gasteiger charge is -2.35. The van der Waals surface area contributed by atoms with E-state index in [1.54, 1.807) is 62.3 Å². The Hall–Kier alpha value is -2.48. The van der Waals surface area contributed by atoms with Gasteiger partial charge in [0.2, 0.25) is 5.91 Å². The molecule has 1 aromatic rings. The smallest absolute Gasteiger partial charge is 0.313 e. The van der Waals surface area contributed by atoms with E-state index in [-0.39, 0.29) is 11.5 Å². The molecule has 2 N–H and O–H groups in total. The number of rotatable bonds is 6. The lowest BCUT2D eigenvalue weighted by molar-refractivity contribution is -0.177. The van der Waals surface area contributed by atoms with Crippen molar-refractivity contribution in [3.8, 4) is 0 Å². The largest absolute Gasteiger partial charge is 0.460 e. The van der Waals surface area contributed by atoms with Crippen molar-refractivity contribution in [3.05, 3.63) is 24.0 Å². The van der Waals surface area contributed by atoms with E-state index in [2.05, 4.69) is 10.3 Å². The summed E-state index contributed by atoms with van der Waals surface area (Å²) >= 11 is 0. The van der Waals surface area contributed by atoms with E-state index >= 15 is 0 Å². The number of hydrogen-bond donors (Lipinski definition) is 2. The van der Waals surface area contributed by atoms with Crippen molar-refractivity contribution >= 4 is 23.5 Å². The fraction of sp³-hybridized carbons (Fsp3) is 0.667. The number of carbonyl (C=O) groups is 3. The molecule has 0 saturated heterocycles. The lowest BCUT2D eigenvalue weighted by atomic mass is 9.80. The van der Waals surface area contributed by atoms with Crippen LogP contribution in [0.1, 0.15) is 81.2 Å². The molecular weight excluding hydrogens is 412 g/mol. The molecule has 0 aliphatic carbocycles. The predicted molar refractivity (Wildman–Crippen MR) is 122 cm³/mol. The van der Waals surface area contributed by atoms with Gasteiger partial charge in [-0.05, 0) is 54.5 Å². The van der Waals surface area contributed by atoms with Crippen molar-refractivity contribution in [2.75, 3.05) is 5.32 Å². The van der Waals surface area contributed by atoms with Gasteiger partial charge in [-0.15, -0.1) is 0 Å². The number of pyridine rings is 1. The number of anilines is 1. The Balaban J connectivity index is 3.43. The van der Waals surface area contributed by atoms with Crippen LogP contribution >= 0.6 is 0 Å². The molecular formula is C24H38N2O6. The van der Waals surface area contributed by atoms with E-state index < -0.39 is 46.5 Å². The average Bonchev–Trinajstić information content (AvgIpc) is 2.55. The van der Waals surface area contributed by atoms with Gasteiger partial charge >= 0.3 is 11.9 Å². The van der Waals surface area contributed by atoms with Crippen LogP contribution in [0.5, 0.6) is 0 Å². The molecule has 8 heteroatoms. The van der Waals surface area contributed by atoms with Gasteiger partial charge in [0.15, 0.2) is 0 Å². The van der Waals surface area contributed by atoms with Gasteiger partial charge in [0.25, 0.3) is 0 Å². The van der Waals surface area contributed by atoms with Crippen molar-refractivity contribution in [2.45, 2.75) is 92.5 Å². The molecule has 32 heavy (non-hydrogen) atoms. The van der Waals surface area contributed by atoms with Crippen LogP contribution in [0.4, 0.5) is 5.69 Å². The summed E-state index contributed by atoms with van der Waals surface area (Å²) in [5, 5.41) is 14.3. The third-order valence-corrected chi connectivity index (χ3v) is 4.46. The number of nitrogens with one attached hydrogen (secondary N) is 1. The zero-order chi connectivity index (χ0) is 25.1. The molecule has 180 valence electrons. The molecule has 0 aromatic carbocycles. The first-order valence-corrected chi connectivity index (χ1v) is 10.7. The summed E-state index contributed by atoms with van der Waals surface area (Å²) in [5.74, 6) is -2.99. The van der Waals surface area contributed by atoms with Crippen LogP contribution < -0.4 is 5.32 Å². The second-order valence-corrected chi connectivity index (χ2v) is 11.1. The predicted octanol–water partition coefficient (Wildman–Crippen LogP) is 3.96. The van der Waals surface area contributed by atoms with E-state index in [1.165, 1.54) is 25.4 Å². The van der Waals surface area contributed by atoms with Gasteiger partial charge in [0.1, 0.15) is 22.7 Å². The minimum Gasteiger partial charge on any atom is -0.460 e. The van der Waals surface area contributed by atoms with Crippen molar-refractivity contribution in [2.24, 2.45) is 11.3 Å².